The van der Waals surface area contributed by atoms with Crippen LogP contribution in [0.5, 0.6) is 0 Å². The van der Waals surface area contributed by atoms with E-state index < -0.39 is 12.0 Å². The summed E-state index contributed by atoms with van der Waals surface area (Å²) in [6.45, 7) is 1.67. The van der Waals surface area contributed by atoms with Crippen LogP contribution in [0.4, 0.5) is 4.79 Å². The van der Waals surface area contributed by atoms with Gasteiger partial charge in [-0.15, -0.1) is 11.3 Å². The molecule has 118 valence electrons. The number of benzene rings is 1. The number of esters is 1. The van der Waals surface area contributed by atoms with Gasteiger partial charge in [-0.2, -0.15) is 0 Å². The van der Waals surface area contributed by atoms with Gasteiger partial charge in [0.1, 0.15) is 11.0 Å². The predicted molar refractivity (Wildman–Crippen MR) is 86.7 cm³/mol. The summed E-state index contributed by atoms with van der Waals surface area (Å²) in [6.07, 6.45) is 0. The predicted octanol–water partition coefficient (Wildman–Crippen LogP) is 2.61. The molecule has 1 aliphatic rings. The number of allylic oxidation sites excluding steroid dienone is 1. The summed E-state index contributed by atoms with van der Waals surface area (Å²) in [4.78, 5) is 28.4. The lowest BCUT2D eigenvalue weighted by Gasteiger charge is -2.25. The molecule has 0 fully saturated rings. The van der Waals surface area contributed by atoms with Crippen LogP contribution in [-0.4, -0.2) is 24.1 Å². The zero-order chi connectivity index (χ0) is 16.4. The van der Waals surface area contributed by atoms with Crippen molar-refractivity contribution in [3.05, 3.63) is 52.0 Å². The summed E-state index contributed by atoms with van der Waals surface area (Å²) in [5, 5.41) is 7.86. The number of rotatable bonds is 3. The smallest absolute Gasteiger partial charge is 0.338 e. The van der Waals surface area contributed by atoms with E-state index in [1.54, 1.807) is 6.92 Å². The highest BCUT2D eigenvalue weighted by molar-refractivity contribution is 7.10. The Morgan fingerprint density at radius 1 is 1.30 bits per heavy atom. The third-order valence-corrected chi connectivity index (χ3v) is 4.42. The second-order valence-corrected chi connectivity index (χ2v) is 5.89. The summed E-state index contributed by atoms with van der Waals surface area (Å²) in [7, 11) is 1.31. The largest absolute Gasteiger partial charge is 0.466 e. The third-order valence-electron chi connectivity index (χ3n) is 3.51. The van der Waals surface area contributed by atoms with Crippen molar-refractivity contribution >= 4 is 23.3 Å². The standard InChI is InChI=1S/C16H15N3O3S/c1-9-12(15(20)22-2)13(19-16(21)17-9)14-18-11(8-23-14)10-6-4-3-5-7-10/h3-8,13H,1-2H3,(H2,17,19,21)/t13-/m0/s1. The summed E-state index contributed by atoms with van der Waals surface area (Å²) in [5.74, 6) is -0.489. The molecule has 1 aromatic carbocycles. The number of methoxy groups -OCH3 is 1. The zero-order valence-electron chi connectivity index (χ0n) is 12.6. The molecule has 1 aromatic heterocycles. The maximum atomic E-state index is 12.0. The molecule has 2 amide bonds. The van der Waals surface area contributed by atoms with Crippen LogP contribution in [0.3, 0.4) is 0 Å². The zero-order valence-corrected chi connectivity index (χ0v) is 13.4. The number of hydrogen-bond donors (Lipinski definition) is 2. The van der Waals surface area contributed by atoms with E-state index >= 15 is 0 Å². The van der Waals surface area contributed by atoms with Crippen molar-refractivity contribution in [1.82, 2.24) is 15.6 Å². The Bertz CT molecular complexity index is 783. The normalized spacial score (nSPS) is 17.5. The third kappa shape index (κ3) is 2.95. The summed E-state index contributed by atoms with van der Waals surface area (Å²) in [5.41, 5.74) is 2.62. The topological polar surface area (TPSA) is 80.3 Å². The lowest BCUT2D eigenvalue weighted by Crippen LogP contribution is -2.45. The molecule has 2 heterocycles. The average molecular weight is 329 g/mol. The van der Waals surface area contributed by atoms with Gasteiger partial charge in [-0.3, -0.25) is 0 Å². The van der Waals surface area contributed by atoms with E-state index in [0.29, 0.717) is 16.3 Å². The van der Waals surface area contributed by atoms with Crippen LogP contribution < -0.4 is 10.6 Å². The Labute approximate surface area is 137 Å². The van der Waals surface area contributed by atoms with Crippen molar-refractivity contribution < 1.29 is 14.3 Å². The first-order valence-electron chi connectivity index (χ1n) is 6.97. The van der Waals surface area contributed by atoms with Crippen LogP contribution in [0.1, 0.15) is 18.0 Å². The first-order valence-corrected chi connectivity index (χ1v) is 7.85. The fourth-order valence-electron chi connectivity index (χ4n) is 2.42. The summed E-state index contributed by atoms with van der Waals surface area (Å²) in [6, 6.07) is 8.75. The van der Waals surface area contributed by atoms with E-state index in [-0.39, 0.29) is 6.03 Å². The number of hydrogen-bond acceptors (Lipinski definition) is 5. The van der Waals surface area contributed by atoms with Gasteiger partial charge in [0.25, 0.3) is 0 Å². The number of nitrogens with zero attached hydrogens (tertiary/aromatic N) is 1. The number of carbonyl (C=O) groups excluding carboxylic acids is 2. The molecule has 0 unspecified atom stereocenters. The van der Waals surface area contributed by atoms with Crippen molar-refractivity contribution in [3.8, 4) is 11.3 Å². The average Bonchev–Trinajstić information content (AvgIpc) is 3.04. The fraction of sp³-hybridized carbons (Fsp3) is 0.188. The van der Waals surface area contributed by atoms with Crippen molar-refractivity contribution in [2.24, 2.45) is 0 Å². The molecule has 1 aliphatic heterocycles. The van der Waals surface area contributed by atoms with Gasteiger partial charge in [0.05, 0.1) is 18.4 Å². The molecule has 2 N–H and O–H groups in total. The van der Waals surface area contributed by atoms with Gasteiger partial charge in [0, 0.05) is 16.6 Å². The lowest BCUT2D eigenvalue weighted by molar-refractivity contribution is -0.136. The van der Waals surface area contributed by atoms with Crippen LogP contribution in [0, 0.1) is 0 Å². The molecule has 0 saturated carbocycles. The molecular formula is C16H15N3O3S. The van der Waals surface area contributed by atoms with Crippen LogP contribution in [0.25, 0.3) is 11.3 Å². The molecule has 0 saturated heterocycles. The molecule has 23 heavy (non-hydrogen) atoms. The van der Waals surface area contributed by atoms with Gasteiger partial charge in [-0.1, -0.05) is 30.3 Å². The lowest BCUT2D eigenvalue weighted by atomic mass is 10.0. The van der Waals surface area contributed by atoms with Crippen LogP contribution in [0.15, 0.2) is 47.0 Å². The minimum atomic E-state index is -0.612. The Kier molecular flexibility index (Phi) is 4.12. The molecule has 3 rings (SSSR count). The van der Waals surface area contributed by atoms with Crippen molar-refractivity contribution in [2.75, 3.05) is 7.11 Å². The van der Waals surface area contributed by atoms with Gasteiger partial charge in [0.15, 0.2) is 0 Å². The minimum Gasteiger partial charge on any atom is -0.466 e. The molecule has 0 radical (unpaired) electrons. The highest BCUT2D eigenvalue weighted by Gasteiger charge is 2.33. The molecule has 2 aromatic rings. The molecule has 0 spiro atoms. The molecule has 7 heteroatoms. The van der Waals surface area contributed by atoms with E-state index in [2.05, 4.69) is 15.6 Å². The fourth-order valence-corrected chi connectivity index (χ4v) is 3.31. The maximum absolute atomic E-state index is 12.0. The second kappa shape index (κ2) is 6.21. The highest BCUT2D eigenvalue weighted by Crippen LogP contribution is 2.32. The van der Waals surface area contributed by atoms with Crippen molar-refractivity contribution in [3.63, 3.8) is 0 Å². The monoisotopic (exact) mass is 329 g/mol. The van der Waals surface area contributed by atoms with E-state index in [1.807, 2.05) is 35.7 Å². The molecular weight excluding hydrogens is 314 g/mol. The van der Waals surface area contributed by atoms with E-state index in [0.717, 1.165) is 11.3 Å². The van der Waals surface area contributed by atoms with Gasteiger partial charge in [-0.25, -0.2) is 14.6 Å². The number of ether oxygens (including phenoxy) is 1. The van der Waals surface area contributed by atoms with E-state index in [9.17, 15) is 9.59 Å². The first-order chi connectivity index (χ1) is 11.1. The van der Waals surface area contributed by atoms with Crippen LogP contribution in [-0.2, 0) is 9.53 Å². The van der Waals surface area contributed by atoms with E-state index in [1.165, 1.54) is 18.4 Å². The van der Waals surface area contributed by atoms with Crippen LogP contribution >= 0.6 is 11.3 Å². The van der Waals surface area contributed by atoms with Gasteiger partial charge >= 0.3 is 12.0 Å². The molecule has 1 atom stereocenters. The first kappa shape index (κ1) is 15.2. The summed E-state index contributed by atoms with van der Waals surface area (Å²) < 4.78 is 4.83. The minimum absolute atomic E-state index is 0.362. The Morgan fingerprint density at radius 3 is 2.74 bits per heavy atom. The number of nitrogens with one attached hydrogen (secondary N) is 2. The van der Waals surface area contributed by atoms with E-state index in [4.69, 9.17) is 4.74 Å². The number of carbonyl (C=O) groups is 2. The highest BCUT2D eigenvalue weighted by atomic mass is 32.1. The maximum Gasteiger partial charge on any atom is 0.338 e. The molecule has 0 bridgehead atoms. The Hall–Kier alpha value is -2.67. The second-order valence-electron chi connectivity index (χ2n) is 5.00. The number of aromatic nitrogens is 1. The summed E-state index contributed by atoms with van der Waals surface area (Å²) >= 11 is 1.39. The van der Waals surface area contributed by atoms with Gasteiger partial charge in [0.2, 0.25) is 0 Å². The number of urea groups is 1. The quantitative estimate of drug-likeness (QED) is 0.848. The van der Waals surface area contributed by atoms with Crippen molar-refractivity contribution in [1.29, 1.82) is 0 Å². The van der Waals surface area contributed by atoms with Crippen molar-refractivity contribution in [2.45, 2.75) is 13.0 Å². The number of thiazole rings is 1. The van der Waals surface area contributed by atoms with Gasteiger partial charge < -0.3 is 15.4 Å². The SMILES string of the molecule is COC(=O)C1=C(C)NC(=O)N[C@@H]1c1nc(-c2ccccc2)cs1. The van der Waals surface area contributed by atoms with Gasteiger partial charge in [-0.05, 0) is 6.92 Å². The molecule has 0 aliphatic carbocycles. The Balaban J connectivity index is 1.99. The Morgan fingerprint density at radius 2 is 2.04 bits per heavy atom. The molecule has 6 nitrogen and oxygen atoms in total. The van der Waals surface area contributed by atoms with Crippen LogP contribution in [0.2, 0.25) is 0 Å². The number of amides is 2.